The van der Waals surface area contributed by atoms with Crippen molar-refractivity contribution >= 4 is 11.6 Å². The molecule has 0 nitrogen and oxygen atoms in total. The van der Waals surface area contributed by atoms with Crippen LogP contribution < -0.4 is 0 Å². The molecule has 2 aliphatic carbocycles. The highest BCUT2D eigenvalue weighted by Gasteiger charge is 2.51. The Hall–Kier alpha value is 0.290. The van der Waals surface area contributed by atoms with Gasteiger partial charge in [-0.2, -0.15) is 0 Å². The average Bonchev–Trinajstić information content (AvgIpc) is 2.98. The van der Waals surface area contributed by atoms with Crippen LogP contribution in [-0.2, 0) is 0 Å². The Morgan fingerprint density at radius 1 is 0.750 bits per heavy atom. The molecule has 16 heavy (non-hydrogen) atoms. The van der Waals surface area contributed by atoms with Crippen molar-refractivity contribution < 1.29 is 0 Å². The lowest BCUT2D eigenvalue weighted by molar-refractivity contribution is 0.352. The first-order valence-electron chi connectivity index (χ1n) is 7.43. The van der Waals surface area contributed by atoms with Gasteiger partial charge in [-0.05, 0) is 30.6 Å². The molecule has 94 valence electrons. The third kappa shape index (κ3) is 3.39. The first kappa shape index (κ1) is 12.7. The van der Waals surface area contributed by atoms with E-state index in [1.54, 1.807) is 0 Å². The van der Waals surface area contributed by atoms with Crippen LogP contribution in [0.25, 0.3) is 0 Å². The van der Waals surface area contributed by atoms with Crippen LogP contribution in [0.5, 0.6) is 0 Å². The second kappa shape index (κ2) is 6.28. The zero-order chi connectivity index (χ0) is 11.3. The van der Waals surface area contributed by atoms with Crippen LogP contribution in [-0.4, -0.2) is 5.88 Å². The van der Waals surface area contributed by atoms with E-state index in [-0.39, 0.29) is 0 Å². The van der Waals surface area contributed by atoms with Gasteiger partial charge < -0.3 is 0 Å². The summed E-state index contributed by atoms with van der Waals surface area (Å²) in [4.78, 5) is 0. The van der Waals surface area contributed by atoms with Gasteiger partial charge in [0.25, 0.3) is 0 Å². The third-order valence-electron chi connectivity index (χ3n) is 4.89. The molecule has 2 fully saturated rings. The molecule has 2 saturated carbocycles. The zero-order valence-corrected chi connectivity index (χ0v) is 11.4. The smallest absolute Gasteiger partial charge is 0.0257 e. The lowest BCUT2D eigenvalue weighted by atomic mass is 9.88. The Labute approximate surface area is 106 Å². The largest absolute Gasteiger partial charge is 0.126 e. The van der Waals surface area contributed by atoms with Crippen LogP contribution in [0.3, 0.4) is 0 Å². The fourth-order valence-corrected chi connectivity index (χ4v) is 4.02. The molecule has 0 aromatic carbocycles. The topological polar surface area (TPSA) is 0 Å². The predicted octanol–water partition coefficient (Wildman–Crippen LogP) is 5.54. The van der Waals surface area contributed by atoms with Crippen LogP contribution in [0.4, 0.5) is 0 Å². The van der Waals surface area contributed by atoms with Gasteiger partial charge in [-0.15, -0.1) is 11.6 Å². The summed E-state index contributed by atoms with van der Waals surface area (Å²) in [5.74, 6) is 1.79. The van der Waals surface area contributed by atoms with Crippen molar-refractivity contribution in [2.45, 2.75) is 77.0 Å². The lowest BCUT2D eigenvalue weighted by Crippen LogP contribution is -2.06. The van der Waals surface area contributed by atoms with Gasteiger partial charge in [-0.1, -0.05) is 57.8 Å². The summed E-state index contributed by atoms with van der Waals surface area (Å²) in [7, 11) is 0. The molecular weight excluding hydrogens is 216 g/mol. The minimum Gasteiger partial charge on any atom is -0.126 e. The second-order valence-electron chi connectivity index (χ2n) is 6.10. The molecule has 2 aliphatic rings. The Morgan fingerprint density at radius 3 is 1.56 bits per heavy atom. The summed E-state index contributed by atoms with van der Waals surface area (Å²) in [5, 5.41) is 0. The van der Waals surface area contributed by atoms with E-state index in [1.807, 2.05) is 0 Å². The van der Waals surface area contributed by atoms with Gasteiger partial charge in [-0.25, -0.2) is 0 Å². The fourth-order valence-electron chi connectivity index (χ4n) is 3.58. The van der Waals surface area contributed by atoms with Crippen molar-refractivity contribution in [3.63, 3.8) is 0 Å². The first-order chi connectivity index (χ1) is 7.87. The van der Waals surface area contributed by atoms with Crippen molar-refractivity contribution in [1.82, 2.24) is 0 Å². The van der Waals surface area contributed by atoms with Crippen LogP contribution >= 0.6 is 11.6 Å². The summed E-state index contributed by atoms with van der Waals surface area (Å²) in [6.45, 7) is 0. The van der Waals surface area contributed by atoms with E-state index in [1.165, 1.54) is 77.0 Å². The second-order valence-corrected chi connectivity index (χ2v) is 6.41. The summed E-state index contributed by atoms with van der Waals surface area (Å²) < 4.78 is 0. The van der Waals surface area contributed by atoms with Gasteiger partial charge in [0.1, 0.15) is 0 Å². The van der Waals surface area contributed by atoms with Gasteiger partial charge in [0.05, 0.1) is 0 Å². The van der Waals surface area contributed by atoms with Gasteiger partial charge in [0.2, 0.25) is 0 Å². The lowest BCUT2D eigenvalue weighted by Gasteiger charge is -2.18. The summed E-state index contributed by atoms with van der Waals surface area (Å²) >= 11 is 6.05. The molecule has 0 N–H and O–H groups in total. The Morgan fingerprint density at radius 2 is 1.19 bits per heavy atom. The van der Waals surface area contributed by atoms with Crippen LogP contribution in [0.2, 0.25) is 0 Å². The Kier molecular flexibility index (Phi) is 5.00. The van der Waals surface area contributed by atoms with E-state index in [0.29, 0.717) is 5.41 Å². The van der Waals surface area contributed by atoms with Crippen molar-refractivity contribution in [3.8, 4) is 0 Å². The number of hydrogen-bond acceptors (Lipinski definition) is 0. The molecule has 0 amide bonds. The van der Waals surface area contributed by atoms with E-state index in [2.05, 4.69) is 0 Å². The SMILES string of the molecule is ClCC1CC12CCCCCCCCCCC2. The molecule has 1 unspecified atom stereocenters. The normalized spacial score (nSPS) is 31.7. The van der Waals surface area contributed by atoms with Gasteiger partial charge in [0.15, 0.2) is 0 Å². The molecule has 0 saturated heterocycles. The highest BCUT2D eigenvalue weighted by atomic mass is 35.5. The Balaban J connectivity index is 1.78. The average molecular weight is 243 g/mol. The summed E-state index contributed by atoms with van der Waals surface area (Å²) in [6, 6.07) is 0. The first-order valence-corrected chi connectivity index (χ1v) is 7.97. The van der Waals surface area contributed by atoms with Crippen LogP contribution in [0.15, 0.2) is 0 Å². The number of rotatable bonds is 1. The van der Waals surface area contributed by atoms with Gasteiger partial charge in [0, 0.05) is 5.88 Å². The molecule has 0 bridgehead atoms. The minimum absolute atomic E-state index is 0.709. The van der Waals surface area contributed by atoms with E-state index < -0.39 is 0 Å². The number of alkyl halides is 1. The van der Waals surface area contributed by atoms with E-state index >= 15 is 0 Å². The van der Waals surface area contributed by atoms with E-state index in [4.69, 9.17) is 11.6 Å². The monoisotopic (exact) mass is 242 g/mol. The predicted molar refractivity (Wildman–Crippen MR) is 72.0 cm³/mol. The maximum atomic E-state index is 6.05. The standard InChI is InChI=1S/C15H27Cl/c16-13-14-12-15(14)10-8-6-4-2-1-3-5-7-9-11-15/h14H,1-13H2. The molecule has 0 aromatic heterocycles. The molecule has 0 radical (unpaired) electrons. The van der Waals surface area contributed by atoms with Gasteiger partial charge in [-0.3, -0.25) is 0 Å². The maximum absolute atomic E-state index is 6.05. The summed E-state index contributed by atoms with van der Waals surface area (Å²) in [6.07, 6.45) is 17.6. The third-order valence-corrected chi connectivity index (χ3v) is 5.27. The highest BCUT2D eigenvalue weighted by molar-refractivity contribution is 6.18. The highest BCUT2D eigenvalue weighted by Crippen LogP contribution is 2.59. The molecule has 0 aromatic rings. The molecule has 0 heterocycles. The molecular formula is C15H27Cl. The van der Waals surface area contributed by atoms with Crippen LogP contribution in [0.1, 0.15) is 77.0 Å². The quantitative estimate of drug-likeness (QED) is 0.530. The van der Waals surface area contributed by atoms with E-state index in [0.717, 1.165) is 11.8 Å². The molecule has 0 aliphatic heterocycles. The van der Waals surface area contributed by atoms with Crippen molar-refractivity contribution in [3.05, 3.63) is 0 Å². The zero-order valence-electron chi connectivity index (χ0n) is 10.6. The molecule has 2 rings (SSSR count). The fraction of sp³-hybridized carbons (Fsp3) is 1.00. The van der Waals surface area contributed by atoms with Gasteiger partial charge >= 0.3 is 0 Å². The van der Waals surface area contributed by atoms with Crippen molar-refractivity contribution in [2.75, 3.05) is 5.88 Å². The van der Waals surface area contributed by atoms with Crippen molar-refractivity contribution in [2.24, 2.45) is 11.3 Å². The molecule has 1 atom stereocenters. The minimum atomic E-state index is 0.709. The number of halogens is 1. The van der Waals surface area contributed by atoms with Crippen LogP contribution in [0, 0.1) is 11.3 Å². The molecule has 1 heteroatoms. The van der Waals surface area contributed by atoms with Crippen molar-refractivity contribution in [1.29, 1.82) is 0 Å². The molecule has 1 spiro atoms. The Bertz CT molecular complexity index is 188. The maximum Gasteiger partial charge on any atom is 0.0257 e. The van der Waals surface area contributed by atoms with E-state index in [9.17, 15) is 0 Å². The summed E-state index contributed by atoms with van der Waals surface area (Å²) in [5.41, 5.74) is 0.709. The number of hydrogen-bond donors (Lipinski definition) is 0.